The van der Waals surface area contributed by atoms with Crippen LogP contribution in [0.3, 0.4) is 0 Å². The van der Waals surface area contributed by atoms with Crippen LogP contribution in [0.1, 0.15) is 0 Å². The van der Waals surface area contributed by atoms with E-state index in [2.05, 4.69) is 0 Å². The van der Waals surface area contributed by atoms with Gasteiger partial charge in [0, 0.05) is 10.3 Å². The molecule has 0 aliphatic heterocycles. The van der Waals surface area contributed by atoms with Crippen molar-refractivity contribution in [3.05, 3.63) is 30.5 Å². The fourth-order valence-electron chi connectivity index (χ4n) is 1.08. The van der Waals surface area contributed by atoms with Crippen LogP contribution < -0.4 is 0 Å². The number of fused-ring (bicyclic) bond motifs is 1. The lowest BCUT2D eigenvalue weighted by Gasteiger charge is -1.97. The first-order valence-corrected chi connectivity index (χ1v) is 5.59. The summed E-state index contributed by atoms with van der Waals surface area (Å²) in [6.45, 7) is 0. The number of benzene rings is 1. The number of rotatable bonds is 2. The van der Waals surface area contributed by atoms with Gasteiger partial charge in [0.25, 0.3) is 0 Å². The van der Waals surface area contributed by atoms with Crippen LogP contribution in [0.15, 0.2) is 39.8 Å². The Kier molecular flexibility index (Phi) is 2.97. The highest BCUT2D eigenvalue weighted by Gasteiger charge is 2.02. The number of carbonyl (C=O) groups is 1. The van der Waals surface area contributed by atoms with E-state index in [0.717, 1.165) is 27.9 Å². The summed E-state index contributed by atoms with van der Waals surface area (Å²) in [6.07, 6.45) is 1.63. The minimum Gasteiger partial charge on any atom is -0.464 e. The van der Waals surface area contributed by atoms with Crippen molar-refractivity contribution in [1.29, 1.82) is 0 Å². The Morgan fingerprint density at radius 3 is 3.07 bits per heavy atom. The first-order valence-electron chi connectivity index (χ1n) is 3.77. The van der Waals surface area contributed by atoms with Crippen molar-refractivity contribution in [2.75, 3.05) is 0 Å². The number of furan rings is 1. The van der Waals surface area contributed by atoms with Gasteiger partial charge < -0.3 is 8.60 Å². The maximum absolute atomic E-state index is 10.6. The molecule has 2 rings (SSSR count). The van der Waals surface area contributed by atoms with Crippen LogP contribution in [0.2, 0.25) is 0 Å². The molecule has 0 radical (unpaired) electrons. The predicted molar refractivity (Wildman–Crippen MR) is 62.6 cm³/mol. The summed E-state index contributed by atoms with van der Waals surface area (Å²) in [6, 6.07) is 7.46. The first-order chi connectivity index (χ1) is 6.75. The lowest BCUT2D eigenvalue weighted by molar-refractivity contribution is 0.237. The average Bonchev–Trinajstić information content (AvgIpc) is 2.61. The molecule has 1 heterocycles. The molecule has 1 aromatic carbocycles. The Labute approximate surface area is 98.1 Å². The van der Waals surface area contributed by atoms with Gasteiger partial charge in [0.2, 0.25) is 0 Å². The summed E-state index contributed by atoms with van der Waals surface area (Å²) in [5, 5.41) is 1.000. The molecule has 0 amide bonds. The SMILES string of the molecule is O=C(I)OSc1ccc2occc2c1. The zero-order valence-electron chi connectivity index (χ0n) is 6.90. The third kappa shape index (κ3) is 2.21. The van der Waals surface area contributed by atoms with Gasteiger partial charge >= 0.3 is 3.98 Å². The second-order valence-electron chi connectivity index (χ2n) is 2.52. The van der Waals surface area contributed by atoms with E-state index in [4.69, 9.17) is 8.60 Å². The Hall–Kier alpha value is -0.690. The van der Waals surface area contributed by atoms with Crippen LogP contribution in [0, 0.1) is 0 Å². The minimum absolute atomic E-state index is 0.333. The van der Waals surface area contributed by atoms with Gasteiger partial charge in [-0.1, -0.05) is 0 Å². The second kappa shape index (κ2) is 4.22. The van der Waals surface area contributed by atoms with Gasteiger partial charge in [0.15, 0.2) is 0 Å². The van der Waals surface area contributed by atoms with E-state index < -0.39 is 0 Å². The number of halogens is 1. The van der Waals surface area contributed by atoms with E-state index in [1.54, 1.807) is 28.9 Å². The number of hydrogen-bond donors (Lipinski definition) is 0. The molecule has 0 bridgehead atoms. The molecule has 0 aliphatic rings. The van der Waals surface area contributed by atoms with Gasteiger partial charge in [-0.05, 0) is 24.3 Å². The van der Waals surface area contributed by atoms with Gasteiger partial charge in [0.05, 0.1) is 40.9 Å². The van der Waals surface area contributed by atoms with Crippen LogP contribution in [0.25, 0.3) is 11.0 Å². The fourth-order valence-corrected chi connectivity index (χ4v) is 1.81. The fraction of sp³-hybridized carbons (Fsp3) is 0. The highest BCUT2D eigenvalue weighted by Crippen LogP contribution is 2.25. The third-order valence-electron chi connectivity index (χ3n) is 1.63. The van der Waals surface area contributed by atoms with Gasteiger partial charge in [-0.2, -0.15) is 0 Å². The lowest BCUT2D eigenvalue weighted by atomic mass is 10.3. The monoisotopic (exact) mass is 320 g/mol. The molecule has 0 fully saturated rings. The van der Waals surface area contributed by atoms with Gasteiger partial charge in [-0.3, -0.25) is 0 Å². The summed E-state index contributed by atoms with van der Waals surface area (Å²) in [4.78, 5) is 11.4. The number of hydrogen-bond acceptors (Lipinski definition) is 4. The van der Waals surface area contributed by atoms with Gasteiger partial charge in [0.1, 0.15) is 5.58 Å². The van der Waals surface area contributed by atoms with Crippen molar-refractivity contribution in [2.24, 2.45) is 0 Å². The molecular weight excluding hydrogens is 315 g/mol. The maximum atomic E-state index is 10.6. The third-order valence-corrected chi connectivity index (χ3v) is 2.83. The normalized spacial score (nSPS) is 10.4. The Morgan fingerprint density at radius 2 is 2.29 bits per heavy atom. The zero-order valence-corrected chi connectivity index (χ0v) is 9.87. The predicted octanol–water partition coefficient (Wildman–Crippen LogP) is 4.01. The summed E-state index contributed by atoms with van der Waals surface area (Å²) < 4.78 is 9.63. The van der Waals surface area contributed by atoms with Crippen LogP contribution in [-0.4, -0.2) is 3.98 Å². The van der Waals surface area contributed by atoms with Crippen molar-refractivity contribution in [3.8, 4) is 0 Å². The highest BCUT2D eigenvalue weighted by atomic mass is 127. The number of carbonyl (C=O) groups excluding carboxylic acids is 1. The molecule has 0 N–H and O–H groups in total. The molecule has 0 atom stereocenters. The summed E-state index contributed by atoms with van der Waals surface area (Å²) in [5.74, 6) is 0. The quantitative estimate of drug-likeness (QED) is 0.476. The van der Waals surface area contributed by atoms with Gasteiger partial charge in [-0.25, -0.2) is 4.79 Å². The van der Waals surface area contributed by atoms with E-state index in [1.165, 1.54) is 0 Å². The Balaban J connectivity index is 2.21. The van der Waals surface area contributed by atoms with Crippen LogP contribution in [-0.2, 0) is 4.18 Å². The van der Waals surface area contributed by atoms with Crippen LogP contribution in [0.5, 0.6) is 0 Å². The molecule has 2 aromatic rings. The molecule has 3 nitrogen and oxygen atoms in total. The van der Waals surface area contributed by atoms with Crippen molar-refractivity contribution >= 4 is 49.6 Å². The lowest BCUT2D eigenvalue weighted by Crippen LogP contribution is -1.81. The molecule has 14 heavy (non-hydrogen) atoms. The van der Waals surface area contributed by atoms with Crippen molar-refractivity contribution in [3.63, 3.8) is 0 Å². The summed E-state index contributed by atoms with van der Waals surface area (Å²) >= 11 is 2.63. The molecule has 72 valence electrons. The van der Waals surface area contributed by atoms with Crippen LogP contribution in [0.4, 0.5) is 4.79 Å². The Bertz CT molecular complexity index is 466. The summed E-state index contributed by atoms with van der Waals surface area (Å²) in [5.41, 5.74) is 0.829. The van der Waals surface area contributed by atoms with Gasteiger partial charge in [-0.15, -0.1) is 0 Å². The van der Waals surface area contributed by atoms with Crippen molar-refractivity contribution < 1.29 is 13.4 Å². The second-order valence-corrected chi connectivity index (χ2v) is 4.21. The largest absolute Gasteiger partial charge is 0.464 e. The van der Waals surface area contributed by atoms with E-state index in [1.807, 2.05) is 24.3 Å². The van der Waals surface area contributed by atoms with E-state index >= 15 is 0 Å². The first kappa shape index (κ1) is 9.85. The molecule has 1 aromatic heterocycles. The van der Waals surface area contributed by atoms with Crippen LogP contribution >= 0.6 is 34.6 Å². The molecule has 0 saturated heterocycles. The van der Waals surface area contributed by atoms with E-state index in [0.29, 0.717) is 0 Å². The summed E-state index contributed by atoms with van der Waals surface area (Å²) in [7, 11) is 0. The molecule has 0 saturated carbocycles. The molecule has 5 heteroatoms. The standard InChI is InChI=1S/C9H5IO3S/c10-9(11)13-14-7-1-2-8-6(5-7)3-4-12-8/h1-5H. The van der Waals surface area contributed by atoms with E-state index in [9.17, 15) is 4.79 Å². The molecule has 0 unspecified atom stereocenters. The average molecular weight is 320 g/mol. The van der Waals surface area contributed by atoms with Crippen molar-refractivity contribution in [2.45, 2.75) is 4.90 Å². The van der Waals surface area contributed by atoms with Crippen molar-refractivity contribution in [1.82, 2.24) is 0 Å². The molecule has 0 aliphatic carbocycles. The topological polar surface area (TPSA) is 39.4 Å². The zero-order chi connectivity index (χ0) is 9.97. The highest BCUT2D eigenvalue weighted by molar-refractivity contribution is 14.1. The Morgan fingerprint density at radius 1 is 1.43 bits per heavy atom. The smallest absolute Gasteiger partial charge is 0.379 e. The maximum Gasteiger partial charge on any atom is 0.379 e. The van der Waals surface area contributed by atoms with E-state index in [-0.39, 0.29) is 3.98 Å². The molecule has 0 spiro atoms. The minimum atomic E-state index is -0.333. The molecular formula is C9H5IO3S.